The molecule has 0 aliphatic carbocycles. The van der Waals surface area contributed by atoms with E-state index in [0.29, 0.717) is 17.7 Å². The zero-order chi connectivity index (χ0) is 13.3. The van der Waals surface area contributed by atoms with Crippen LogP contribution in [0.4, 0.5) is 0 Å². The Morgan fingerprint density at radius 3 is 2.67 bits per heavy atom. The number of likely N-dealkylation sites (tertiary alicyclic amines) is 1. The van der Waals surface area contributed by atoms with Crippen LogP contribution in [0.3, 0.4) is 0 Å². The largest absolute Gasteiger partial charge is 0.507 e. The Hall–Kier alpha value is -1.06. The molecule has 0 radical (unpaired) electrons. The molecule has 1 aromatic carbocycles. The third-order valence-corrected chi connectivity index (χ3v) is 4.03. The molecule has 0 aromatic heterocycles. The van der Waals surface area contributed by atoms with Crippen molar-refractivity contribution in [2.45, 2.75) is 26.4 Å². The molecule has 2 atom stereocenters. The summed E-state index contributed by atoms with van der Waals surface area (Å²) < 4.78 is 0. The number of aromatic hydroxyl groups is 1. The molecule has 1 saturated heterocycles. The van der Waals surface area contributed by atoms with E-state index in [0.717, 1.165) is 30.8 Å². The Morgan fingerprint density at radius 1 is 1.33 bits per heavy atom. The summed E-state index contributed by atoms with van der Waals surface area (Å²) in [6, 6.07) is 6.62. The highest BCUT2D eigenvalue weighted by atomic mass is 16.3. The minimum atomic E-state index is 0.457. The van der Waals surface area contributed by atoms with Gasteiger partial charge < -0.3 is 10.0 Å². The van der Waals surface area contributed by atoms with Gasteiger partial charge in [0, 0.05) is 31.2 Å². The number of phenols is 1. The summed E-state index contributed by atoms with van der Waals surface area (Å²) in [5.74, 6) is 1.14. The van der Waals surface area contributed by atoms with Gasteiger partial charge in [-0.3, -0.25) is 4.90 Å². The molecule has 0 bridgehead atoms. The van der Waals surface area contributed by atoms with E-state index in [4.69, 9.17) is 0 Å². The van der Waals surface area contributed by atoms with Crippen molar-refractivity contribution in [3.05, 3.63) is 29.3 Å². The number of para-hydroxylation sites is 1. The molecule has 1 N–H and O–H groups in total. The van der Waals surface area contributed by atoms with Crippen molar-refractivity contribution >= 4 is 0 Å². The smallest absolute Gasteiger partial charge is 0.122 e. The van der Waals surface area contributed by atoms with Crippen LogP contribution in [0.2, 0.25) is 0 Å². The first-order valence-corrected chi connectivity index (χ1v) is 6.65. The molecular weight excluding hydrogens is 224 g/mol. The van der Waals surface area contributed by atoms with Crippen LogP contribution in [0.15, 0.2) is 18.2 Å². The second kappa shape index (κ2) is 5.29. The average Bonchev–Trinajstić information content (AvgIpc) is 2.66. The number of hydrogen-bond donors (Lipinski definition) is 1. The fourth-order valence-corrected chi connectivity index (χ4v) is 2.94. The summed E-state index contributed by atoms with van der Waals surface area (Å²) in [5.41, 5.74) is 2.01. The third kappa shape index (κ3) is 2.68. The lowest BCUT2D eigenvalue weighted by molar-refractivity contribution is 0.249. The van der Waals surface area contributed by atoms with Crippen LogP contribution in [0.1, 0.15) is 18.1 Å². The van der Waals surface area contributed by atoms with E-state index in [1.165, 1.54) is 0 Å². The standard InChI is InChI=1S/C15H24N2O/c1-11-6-5-7-13(15(11)18)9-17-8-12(2)14(10-17)16(3)4/h5-7,12,14,18H,8-10H2,1-4H3. The van der Waals surface area contributed by atoms with Gasteiger partial charge in [-0.05, 0) is 32.5 Å². The van der Waals surface area contributed by atoms with E-state index < -0.39 is 0 Å². The second-order valence-electron chi connectivity index (χ2n) is 5.78. The Balaban J connectivity index is 2.05. The minimum absolute atomic E-state index is 0.457. The van der Waals surface area contributed by atoms with Gasteiger partial charge in [-0.1, -0.05) is 25.1 Å². The van der Waals surface area contributed by atoms with Gasteiger partial charge in [-0.15, -0.1) is 0 Å². The molecule has 0 saturated carbocycles. The molecule has 100 valence electrons. The van der Waals surface area contributed by atoms with Crippen molar-refractivity contribution in [1.82, 2.24) is 9.80 Å². The summed E-state index contributed by atoms with van der Waals surface area (Å²) >= 11 is 0. The second-order valence-corrected chi connectivity index (χ2v) is 5.78. The topological polar surface area (TPSA) is 26.7 Å². The molecule has 3 nitrogen and oxygen atoms in total. The zero-order valence-electron chi connectivity index (χ0n) is 11.8. The van der Waals surface area contributed by atoms with Gasteiger partial charge >= 0.3 is 0 Å². The summed E-state index contributed by atoms with van der Waals surface area (Å²) in [6.45, 7) is 7.30. The maximum Gasteiger partial charge on any atom is 0.122 e. The highest BCUT2D eigenvalue weighted by Crippen LogP contribution is 2.26. The van der Waals surface area contributed by atoms with Crippen LogP contribution in [0, 0.1) is 12.8 Å². The van der Waals surface area contributed by atoms with E-state index in [1.807, 2.05) is 25.1 Å². The molecule has 1 aliphatic heterocycles. The summed E-state index contributed by atoms with van der Waals surface area (Å²) in [5, 5.41) is 10.1. The van der Waals surface area contributed by atoms with Crippen molar-refractivity contribution in [2.24, 2.45) is 5.92 Å². The predicted octanol–water partition coefficient (Wildman–Crippen LogP) is 2.08. The van der Waals surface area contributed by atoms with Gasteiger partial charge in [-0.2, -0.15) is 0 Å². The lowest BCUT2D eigenvalue weighted by Crippen LogP contribution is -2.34. The number of rotatable bonds is 3. The predicted molar refractivity (Wildman–Crippen MR) is 74.8 cm³/mol. The van der Waals surface area contributed by atoms with Gasteiger partial charge in [0.05, 0.1) is 0 Å². The number of likely N-dealkylation sites (N-methyl/N-ethyl adjacent to an activating group) is 1. The number of hydrogen-bond acceptors (Lipinski definition) is 3. The van der Waals surface area contributed by atoms with Gasteiger partial charge in [0.25, 0.3) is 0 Å². The quantitative estimate of drug-likeness (QED) is 0.887. The van der Waals surface area contributed by atoms with E-state index in [-0.39, 0.29) is 0 Å². The maximum absolute atomic E-state index is 10.1. The highest BCUT2D eigenvalue weighted by Gasteiger charge is 2.31. The first-order chi connectivity index (χ1) is 8.49. The summed E-state index contributed by atoms with van der Waals surface area (Å²) in [7, 11) is 4.30. The van der Waals surface area contributed by atoms with Gasteiger partial charge in [0.1, 0.15) is 5.75 Å². The molecule has 0 spiro atoms. The van der Waals surface area contributed by atoms with Crippen LogP contribution in [-0.4, -0.2) is 48.1 Å². The van der Waals surface area contributed by atoms with E-state index >= 15 is 0 Å². The Morgan fingerprint density at radius 2 is 2.06 bits per heavy atom. The SMILES string of the molecule is Cc1cccc(CN2CC(C)C(N(C)C)C2)c1O. The van der Waals surface area contributed by atoms with Gasteiger partial charge in [0.2, 0.25) is 0 Å². The van der Waals surface area contributed by atoms with Crippen molar-refractivity contribution in [2.75, 3.05) is 27.2 Å². The summed E-state index contributed by atoms with van der Waals surface area (Å²) in [4.78, 5) is 4.74. The van der Waals surface area contributed by atoms with Crippen LogP contribution in [0.25, 0.3) is 0 Å². The molecular formula is C15H24N2O. The molecule has 1 fully saturated rings. The van der Waals surface area contributed by atoms with Crippen molar-refractivity contribution in [3.63, 3.8) is 0 Å². The number of nitrogens with zero attached hydrogens (tertiary/aromatic N) is 2. The van der Waals surface area contributed by atoms with Gasteiger partial charge in [0.15, 0.2) is 0 Å². The molecule has 2 unspecified atom stereocenters. The van der Waals surface area contributed by atoms with Crippen LogP contribution in [-0.2, 0) is 6.54 Å². The van der Waals surface area contributed by atoms with E-state index in [9.17, 15) is 5.11 Å². The van der Waals surface area contributed by atoms with Gasteiger partial charge in [-0.25, -0.2) is 0 Å². The fourth-order valence-electron chi connectivity index (χ4n) is 2.94. The van der Waals surface area contributed by atoms with Crippen LogP contribution < -0.4 is 0 Å². The van der Waals surface area contributed by atoms with Crippen molar-refractivity contribution in [1.29, 1.82) is 0 Å². The lowest BCUT2D eigenvalue weighted by atomic mass is 10.1. The zero-order valence-corrected chi connectivity index (χ0v) is 11.8. The first-order valence-electron chi connectivity index (χ1n) is 6.65. The van der Waals surface area contributed by atoms with Crippen LogP contribution >= 0.6 is 0 Å². The average molecular weight is 248 g/mol. The van der Waals surface area contributed by atoms with Crippen molar-refractivity contribution in [3.8, 4) is 5.75 Å². The summed E-state index contributed by atoms with van der Waals surface area (Å²) in [6.07, 6.45) is 0. The molecule has 3 heteroatoms. The number of benzene rings is 1. The molecule has 1 heterocycles. The fraction of sp³-hybridized carbons (Fsp3) is 0.600. The lowest BCUT2D eigenvalue weighted by Gasteiger charge is -2.22. The monoisotopic (exact) mass is 248 g/mol. The highest BCUT2D eigenvalue weighted by molar-refractivity contribution is 5.39. The van der Waals surface area contributed by atoms with E-state index in [2.05, 4.69) is 30.8 Å². The Bertz CT molecular complexity index is 417. The Labute approximate surface area is 110 Å². The normalized spacial score (nSPS) is 24.9. The van der Waals surface area contributed by atoms with E-state index in [1.54, 1.807) is 0 Å². The Kier molecular flexibility index (Phi) is 3.93. The number of phenolic OH excluding ortho intramolecular Hbond substituents is 1. The minimum Gasteiger partial charge on any atom is -0.507 e. The molecule has 18 heavy (non-hydrogen) atoms. The van der Waals surface area contributed by atoms with Crippen LogP contribution in [0.5, 0.6) is 5.75 Å². The molecule has 2 rings (SSSR count). The molecule has 1 aliphatic rings. The van der Waals surface area contributed by atoms with Crippen molar-refractivity contribution < 1.29 is 5.11 Å². The third-order valence-electron chi connectivity index (χ3n) is 4.03. The molecule has 1 aromatic rings. The number of aryl methyl sites for hydroxylation is 1. The molecule has 0 amide bonds. The first kappa shape index (κ1) is 13.4. The maximum atomic E-state index is 10.1.